The predicted molar refractivity (Wildman–Crippen MR) is 146 cm³/mol. The van der Waals surface area contributed by atoms with Crippen molar-refractivity contribution in [2.45, 2.75) is 0 Å². The van der Waals surface area contributed by atoms with Crippen LogP contribution in [0.15, 0.2) is 127 Å². The third kappa shape index (κ3) is 3.43. The first kappa shape index (κ1) is 19.6. The standard InChI is InChI=1S/C32H23B/c33-26-18-15-22(16-19-26)25-17-20-29-30(21-25)32(24-11-5-2-6-12-24)28-14-8-7-13-27(28)31(29)23-9-3-1-4-10-23/h1-21H,33H2. The first-order valence-electron chi connectivity index (χ1n) is 11.5. The minimum absolute atomic E-state index is 1.24. The Bertz CT molecular complexity index is 1580. The van der Waals surface area contributed by atoms with Gasteiger partial charge in [0.15, 0.2) is 0 Å². The van der Waals surface area contributed by atoms with Gasteiger partial charge >= 0.3 is 0 Å². The van der Waals surface area contributed by atoms with E-state index < -0.39 is 0 Å². The van der Waals surface area contributed by atoms with Crippen molar-refractivity contribution in [1.82, 2.24) is 0 Å². The molecule has 0 N–H and O–H groups in total. The summed E-state index contributed by atoms with van der Waals surface area (Å²) in [6, 6.07) is 46.2. The summed E-state index contributed by atoms with van der Waals surface area (Å²) in [5, 5.41) is 5.15. The molecule has 0 bridgehead atoms. The van der Waals surface area contributed by atoms with Crippen LogP contribution in [0.1, 0.15) is 0 Å². The second-order valence-electron chi connectivity index (χ2n) is 8.65. The fourth-order valence-electron chi connectivity index (χ4n) is 4.94. The molecule has 0 saturated heterocycles. The highest BCUT2D eigenvalue weighted by atomic mass is 14.2. The van der Waals surface area contributed by atoms with Gasteiger partial charge in [0, 0.05) is 0 Å². The molecule has 0 atom stereocenters. The summed E-state index contributed by atoms with van der Waals surface area (Å²) in [5.41, 5.74) is 8.87. The van der Waals surface area contributed by atoms with Crippen LogP contribution >= 0.6 is 0 Å². The maximum absolute atomic E-state index is 2.38. The van der Waals surface area contributed by atoms with Crippen molar-refractivity contribution in [3.63, 3.8) is 0 Å². The monoisotopic (exact) mass is 418 g/mol. The van der Waals surface area contributed by atoms with E-state index in [1.54, 1.807) is 0 Å². The zero-order chi connectivity index (χ0) is 22.2. The summed E-state index contributed by atoms with van der Waals surface area (Å²) in [6.07, 6.45) is 0. The highest BCUT2D eigenvalue weighted by Crippen LogP contribution is 2.44. The van der Waals surface area contributed by atoms with Gasteiger partial charge < -0.3 is 0 Å². The van der Waals surface area contributed by atoms with Crippen molar-refractivity contribution in [1.29, 1.82) is 0 Å². The number of benzene rings is 6. The largest absolute Gasteiger partial charge is 0.139 e. The van der Waals surface area contributed by atoms with E-state index in [2.05, 4.69) is 135 Å². The van der Waals surface area contributed by atoms with Gasteiger partial charge in [-0.1, -0.05) is 127 Å². The van der Waals surface area contributed by atoms with Gasteiger partial charge in [-0.05, 0) is 61.0 Å². The van der Waals surface area contributed by atoms with Gasteiger partial charge in [-0.15, -0.1) is 0 Å². The van der Waals surface area contributed by atoms with Crippen molar-refractivity contribution in [2.75, 3.05) is 0 Å². The van der Waals surface area contributed by atoms with E-state index in [1.807, 2.05) is 0 Å². The third-order valence-corrected chi connectivity index (χ3v) is 6.53. The quantitative estimate of drug-likeness (QED) is 0.210. The van der Waals surface area contributed by atoms with Crippen LogP contribution in [-0.4, -0.2) is 7.85 Å². The second-order valence-corrected chi connectivity index (χ2v) is 8.65. The molecule has 0 aliphatic rings. The molecule has 0 aliphatic carbocycles. The molecule has 0 nitrogen and oxygen atoms in total. The Labute approximate surface area is 195 Å². The Hall–Kier alpha value is -4.10. The average Bonchev–Trinajstić information content (AvgIpc) is 2.88. The van der Waals surface area contributed by atoms with Gasteiger partial charge in [-0.25, -0.2) is 0 Å². The smallest absolute Gasteiger partial charge is 0.0889 e. The zero-order valence-corrected chi connectivity index (χ0v) is 18.6. The first-order valence-corrected chi connectivity index (χ1v) is 11.5. The maximum atomic E-state index is 2.38. The molecule has 33 heavy (non-hydrogen) atoms. The first-order chi connectivity index (χ1) is 16.3. The van der Waals surface area contributed by atoms with E-state index in [0.29, 0.717) is 0 Å². The lowest BCUT2D eigenvalue weighted by atomic mass is 9.84. The topological polar surface area (TPSA) is 0 Å². The Kier molecular flexibility index (Phi) is 4.81. The molecule has 154 valence electrons. The highest BCUT2D eigenvalue weighted by molar-refractivity contribution is 6.32. The normalized spacial score (nSPS) is 11.2. The molecule has 0 spiro atoms. The lowest BCUT2D eigenvalue weighted by molar-refractivity contribution is 1.64. The number of hydrogen-bond acceptors (Lipinski definition) is 0. The number of fused-ring (bicyclic) bond motifs is 2. The summed E-state index contributed by atoms with van der Waals surface area (Å²) in [6.45, 7) is 0. The summed E-state index contributed by atoms with van der Waals surface area (Å²) < 4.78 is 0. The van der Waals surface area contributed by atoms with E-state index in [-0.39, 0.29) is 0 Å². The van der Waals surface area contributed by atoms with Gasteiger partial charge in [-0.2, -0.15) is 0 Å². The molecule has 0 amide bonds. The Balaban J connectivity index is 1.77. The molecular formula is C32H23B. The summed E-state index contributed by atoms with van der Waals surface area (Å²) >= 11 is 0. The van der Waals surface area contributed by atoms with Gasteiger partial charge in [0.25, 0.3) is 0 Å². The van der Waals surface area contributed by atoms with E-state index in [1.165, 1.54) is 60.4 Å². The molecular weight excluding hydrogens is 395 g/mol. The fraction of sp³-hybridized carbons (Fsp3) is 0. The molecule has 0 radical (unpaired) electrons. The predicted octanol–water partition coefficient (Wildman–Crippen LogP) is 7.25. The van der Waals surface area contributed by atoms with Gasteiger partial charge in [0.1, 0.15) is 7.85 Å². The van der Waals surface area contributed by atoms with E-state index in [9.17, 15) is 0 Å². The zero-order valence-electron chi connectivity index (χ0n) is 18.6. The van der Waals surface area contributed by atoms with E-state index >= 15 is 0 Å². The Morgan fingerprint density at radius 2 is 0.788 bits per heavy atom. The fourth-order valence-corrected chi connectivity index (χ4v) is 4.94. The molecule has 6 aromatic carbocycles. The average molecular weight is 418 g/mol. The van der Waals surface area contributed by atoms with Crippen LogP contribution in [0, 0.1) is 0 Å². The number of hydrogen-bond donors (Lipinski definition) is 0. The summed E-state index contributed by atoms with van der Waals surface area (Å²) in [4.78, 5) is 0. The van der Waals surface area contributed by atoms with Crippen LogP contribution in [0.4, 0.5) is 0 Å². The molecule has 0 aliphatic heterocycles. The van der Waals surface area contributed by atoms with Gasteiger partial charge in [0.2, 0.25) is 0 Å². The second kappa shape index (κ2) is 8.11. The van der Waals surface area contributed by atoms with Crippen LogP contribution in [0.2, 0.25) is 0 Å². The van der Waals surface area contributed by atoms with Crippen LogP contribution in [0.25, 0.3) is 54.9 Å². The molecule has 1 heteroatoms. The molecule has 0 saturated carbocycles. The lowest BCUT2D eigenvalue weighted by Gasteiger charge is -2.18. The minimum Gasteiger partial charge on any atom is -0.0889 e. The third-order valence-electron chi connectivity index (χ3n) is 6.53. The molecule has 0 unspecified atom stereocenters. The number of rotatable bonds is 3. The molecule has 0 heterocycles. The SMILES string of the molecule is Bc1ccc(-c2ccc3c(-c4ccccc4)c4ccccc4c(-c4ccccc4)c3c2)cc1. The molecule has 6 aromatic rings. The lowest BCUT2D eigenvalue weighted by Crippen LogP contribution is -1.99. The maximum Gasteiger partial charge on any atom is 0.139 e. The van der Waals surface area contributed by atoms with Gasteiger partial charge in [0.05, 0.1) is 0 Å². The van der Waals surface area contributed by atoms with E-state index in [4.69, 9.17) is 0 Å². The van der Waals surface area contributed by atoms with Crippen molar-refractivity contribution in [2.24, 2.45) is 0 Å². The van der Waals surface area contributed by atoms with Crippen LogP contribution in [0.5, 0.6) is 0 Å². The molecule has 0 fully saturated rings. The highest BCUT2D eigenvalue weighted by Gasteiger charge is 2.17. The minimum atomic E-state index is 1.24. The molecule has 6 rings (SSSR count). The Morgan fingerprint density at radius 1 is 0.333 bits per heavy atom. The van der Waals surface area contributed by atoms with Crippen molar-refractivity contribution in [3.8, 4) is 33.4 Å². The van der Waals surface area contributed by atoms with Crippen molar-refractivity contribution < 1.29 is 0 Å². The van der Waals surface area contributed by atoms with E-state index in [0.717, 1.165) is 0 Å². The Morgan fingerprint density at radius 3 is 1.36 bits per heavy atom. The summed E-state index contributed by atoms with van der Waals surface area (Å²) in [5.74, 6) is 0. The van der Waals surface area contributed by atoms with Crippen LogP contribution in [0.3, 0.4) is 0 Å². The van der Waals surface area contributed by atoms with Crippen molar-refractivity contribution in [3.05, 3.63) is 127 Å². The van der Waals surface area contributed by atoms with Gasteiger partial charge in [-0.3, -0.25) is 0 Å². The van der Waals surface area contributed by atoms with Crippen LogP contribution in [-0.2, 0) is 0 Å². The van der Waals surface area contributed by atoms with Crippen molar-refractivity contribution >= 4 is 34.9 Å². The summed E-state index contributed by atoms with van der Waals surface area (Å²) in [7, 11) is 2.13. The van der Waals surface area contributed by atoms with Crippen LogP contribution < -0.4 is 5.46 Å². The molecule has 0 aromatic heterocycles.